The number of aliphatic hydroxyl groups is 1. The number of carboxylic acid groups (broad SMARTS) is 1. The van der Waals surface area contributed by atoms with E-state index in [1.165, 1.54) is 49.6 Å². The van der Waals surface area contributed by atoms with Crippen molar-refractivity contribution in [1.29, 1.82) is 0 Å². The molecule has 0 unspecified atom stereocenters. The van der Waals surface area contributed by atoms with Crippen LogP contribution in [-0.2, 0) is 28.2 Å². The quantitative estimate of drug-likeness (QED) is 0.162. The van der Waals surface area contributed by atoms with E-state index in [4.69, 9.17) is 14.6 Å². The topological polar surface area (TPSA) is 144 Å². The number of nitrogens with zero attached hydrogens (tertiary/aromatic N) is 8. The monoisotopic (exact) mass is 759 g/mol. The van der Waals surface area contributed by atoms with Crippen LogP contribution in [0.5, 0.6) is 5.75 Å². The van der Waals surface area contributed by atoms with Gasteiger partial charge in [0.05, 0.1) is 31.0 Å². The Kier molecular flexibility index (Phi) is 11.0. The number of carboxylic acids is 1. The Balaban J connectivity index is 0.932. The zero-order valence-corrected chi connectivity index (χ0v) is 30.7. The number of hydrogen-bond donors (Lipinski definition) is 2. The van der Waals surface area contributed by atoms with Gasteiger partial charge in [0, 0.05) is 60.2 Å². The van der Waals surface area contributed by atoms with E-state index in [2.05, 4.69) is 20.0 Å². The maximum Gasteiger partial charge on any atom is 0.350 e. The standard InChI is InChI=1S/C39H44F2N8O6/c1-3-36(27(2)50)49-38(53)48(25-43-49)32-7-5-30(6-8-32)45-14-16-46(17-15-45)31-9-11-33(12-10-31)54-21-28-19-39(55-22-28,34-13-4-29(40)18-35(34)41)23-47-26-44(24-42-47)20-37(51)52/h4-13,18,24-28,36,50H,3,14-17,19-23H2,1-2H3/p+1/t27-,28+,36-,39-/m0/s1. The van der Waals surface area contributed by atoms with E-state index < -0.39 is 29.3 Å². The Morgan fingerprint density at radius 3 is 2.27 bits per heavy atom. The minimum atomic E-state index is -1.16. The molecule has 4 atom stereocenters. The van der Waals surface area contributed by atoms with Crippen molar-refractivity contribution in [1.82, 2.24) is 24.1 Å². The van der Waals surface area contributed by atoms with Crippen LogP contribution in [0.4, 0.5) is 20.2 Å². The number of halogens is 2. The summed E-state index contributed by atoms with van der Waals surface area (Å²) in [5, 5.41) is 27.7. The number of carbonyl (C=O) groups is 1. The van der Waals surface area contributed by atoms with Crippen molar-refractivity contribution in [2.75, 3.05) is 49.2 Å². The first-order chi connectivity index (χ1) is 26.5. The van der Waals surface area contributed by atoms with Crippen LogP contribution in [0.1, 0.15) is 38.3 Å². The fourth-order valence-electron chi connectivity index (χ4n) is 7.61. The summed E-state index contributed by atoms with van der Waals surface area (Å²) in [6, 6.07) is 18.8. The highest BCUT2D eigenvalue weighted by atomic mass is 19.1. The first-order valence-electron chi connectivity index (χ1n) is 18.4. The molecule has 5 aromatic rings. The van der Waals surface area contributed by atoms with E-state index in [0.717, 1.165) is 43.6 Å². The van der Waals surface area contributed by atoms with Crippen molar-refractivity contribution in [3.63, 3.8) is 0 Å². The van der Waals surface area contributed by atoms with E-state index in [1.54, 1.807) is 6.92 Å². The summed E-state index contributed by atoms with van der Waals surface area (Å²) < 4.78 is 47.2. The summed E-state index contributed by atoms with van der Waals surface area (Å²) in [7, 11) is 0. The maximum absolute atomic E-state index is 15.1. The summed E-state index contributed by atoms with van der Waals surface area (Å²) in [4.78, 5) is 28.8. The van der Waals surface area contributed by atoms with Crippen LogP contribution in [0, 0.1) is 17.6 Å². The molecule has 0 aliphatic carbocycles. The first-order valence-corrected chi connectivity index (χ1v) is 18.4. The second kappa shape index (κ2) is 16.0. The van der Waals surface area contributed by atoms with Gasteiger partial charge in [-0.15, -0.1) is 4.68 Å². The summed E-state index contributed by atoms with van der Waals surface area (Å²) in [6.45, 7) is 7.28. The minimum absolute atomic E-state index is 0.102. The molecule has 14 nitrogen and oxygen atoms in total. The van der Waals surface area contributed by atoms with Gasteiger partial charge in [0.1, 0.15) is 35.9 Å². The van der Waals surface area contributed by atoms with Gasteiger partial charge in [-0.25, -0.2) is 32.2 Å². The third-order valence-corrected chi connectivity index (χ3v) is 10.4. The van der Waals surface area contributed by atoms with Crippen LogP contribution in [0.2, 0.25) is 0 Å². The van der Waals surface area contributed by atoms with Gasteiger partial charge in [-0.05, 0) is 74.4 Å². The van der Waals surface area contributed by atoms with Crippen LogP contribution < -0.4 is 24.8 Å². The normalized spacial score (nSPS) is 19.8. The van der Waals surface area contributed by atoms with Crippen molar-refractivity contribution >= 4 is 17.3 Å². The van der Waals surface area contributed by atoms with Crippen LogP contribution in [0.15, 0.2) is 90.5 Å². The molecule has 7 rings (SSSR count). The lowest BCUT2D eigenvalue weighted by Gasteiger charge is -2.37. The molecular weight excluding hydrogens is 714 g/mol. The molecule has 0 amide bonds. The maximum atomic E-state index is 15.1. The number of rotatable bonds is 14. The number of aliphatic carboxylic acids is 1. The van der Waals surface area contributed by atoms with Crippen molar-refractivity contribution in [2.24, 2.45) is 5.92 Å². The molecule has 0 bridgehead atoms. The average Bonchev–Trinajstić information content (AvgIpc) is 3.90. The summed E-state index contributed by atoms with van der Waals surface area (Å²) in [5.41, 5.74) is 1.62. The van der Waals surface area contributed by atoms with Crippen molar-refractivity contribution in [2.45, 2.75) is 57.5 Å². The molecule has 2 aromatic heterocycles. The van der Waals surface area contributed by atoms with Crippen molar-refractivity contribution in [3.05, 3.63) is 113 Å². The molecule has 0 radical (unpaired) electrons. The summed E-state index contributed by atoms with van der Waals surface area (Å²) in [6.07, 6.45) is 4.69. The molecule has 290 valence electrons. The lowest BCUT2D eigenvalue weighted by Crippen LogP contribution is -2.46. The Morgan fingerprint density at radius 1 is 1.00 bits per heavy atom. The highest BCUT2D eigenvalue weighted by molar-refractivity contribution is 5.64. The van der Waals surface area contributed by atoms with E-state index in [9.17, 15) is 19.1 Å². The minimum Gasteiger partial charge on any atom is -0.493 e. The number of benzene rings is 3. The van der Waals surface area contributed by atoms with Gasteiger partial charge in [0.2, 0.25) is 6.33 Å². The number of piperazine rings is 1. The molecular formula is C39H45F2N8O6+. The predicted molar refractivity (Wildman–Crippen MR) is 197 cm³/mol. The lowest BCUT2D eigenvalue weighted by molar-refractivity contribution is -0.686. The summed E-state index contributed by atoms with van der Waals surface area (Å²) >= 11 is 0. The second-order valence-electron chi connectivity index (χ2n) is 14.2. The molecule has 2 aliphatic rings. The van der Waals surface area contributed by atoms with Gasteiger partial charge in [-0.2, -0.15) is 5.10 Å². The van der Waals surface area contributed by atoms with E-state index in [-0.39, 0.29) is 42.9 Å². The Labute approximate surface area is 316 Å². The van der Waals surface area contributed by atoms with Gasteiger partial charge in [0.25, 0.3) is 6.33 Å². The van der Waals surface area contributed by atoms with Gasteiger partial charge < -0.3 is 29.5 Å². The predicted octanol–water partition coefficient (Wildman–Crippen LogP) is 3.55. The first kappa shape index (κ1) is 37.7. The number of hydrogen-bond acceptors (Lipinski definition) is 9. The molecule has 0 saturated carbocycles. The lowest BCUT2D eigenvalue weighted by atomic mass is 9.87. The molecule has 55 heavy (non-hydrogen) atoms. The second-order valence-corrected chi connectivity index (χ2v) is 14.2. The highest BCUT2D eigenvalue weighted by Crippen LogP contribution is 2.42. The van der Waals surface area contributed by atoms with Crippen LogP contribution in [0.25, 0.3) is 5.69 Å². The van der Waals surface area contributed by atoms with E-state index in [0.29, 0.717) is 30.9 Å². The van der Waals surface area contributed by atoms with Crippen LogP contribution in [-0.4, -0.2) is 85.8 Å². The van der Waals surface area contributed by atoms with E-state index >= 15 is 4.39 Å². The van der Waals surface area contributed by atoms with Crippen LogP contribution >= 0.6 is 0 Å². The zero-order valence-electron chi connectivity index (χ0n) is 30.7. The molecule has 4 heterocycles. The molecule has 2 N–H and O–H groups in total. The molecule has 16 heteroatoms. The largest absolute Gasteiger partial charge is 0.493 e. The van der Waals surface area contributed by atoms with Gasteiger partial charge >= 0.3 is 11.7 Å². The fraction of sp³-hybridized carbons (Fsp3) is 0.410. The Bertz CT molecular complexity index is 2150. The molecule has 2 aliphatic heterocycles. The zero-order chi connectivity index (χ0) is 38.7. The highest BCUT2D eigenvalue weighted by Gasteiger charge is 2.46. The van der Waals surface area contributed by atoms with Crippen LogP contribution in [0.3, 0.4) is 0 Å². The molecule has 0 spiro atoms. The molecule has 2 saturated heterocycles. The number of ether oxygens (including phenoxy) is 2. The number of anilines is 2. The Morgan fingerprint density at radius 2 is 1.65 bits per heavy atom. The smallest absolute Gasteiger partial charge is 0.350 e. The van der Waals surface area contributed by atoms with Gasteiger partial charge in [0.15, 0.2) is 6.54 Å². The fourth-order valence-corrected chi connectivity index (χ4v) is 7.61. The van der Waals surface area contributed by atoms with Crippen molar-refractivity contribution < 1.29 is 37.8 Å². The van der Waals surface area contributed by atoms with E-state index in [1.807, 2.05) is 55.5 Å². The number of aliphatic hydroxyl groups excluding tert-OH is 1. The summed E-state index contributed by atoms with van der Waals surface area (Å²) in [5.74, 6) is -1.84. The number of aromatic nitrogens is 6. The van der Waals surface area contributed by atoms with Crippen molar-refractivity contribution in [3.8, 4) is 11.4 Å². The third-order valence-electron chi connectivity index (χ3n) is 10.4. The average molecular weight is 760 g/mol. The van der Waals surface area contributed by atoms with Gasteiger partial charge in [-0.1, -0.05) is 13.0 Å². The SMILES string of the molecule is CC[C@@H]([C@H](C)O)n1ncn(-c2ccc(N3CCN(c4ccc(OC[C@@H]5CO[C@@](Cn6c[n+](CC(=O)O)cn6)(c6ccc(F)cc6F)C5)cc4)CC3)cc2)c1=O. The Hall–Kier alpha value is -5.61. The third kappa shape index (κ3) is 8.24. The molecule has 3 aromatic carbocycles. The van der Waals surface area contributed by atoms with Gasteiger partial charge in [-0.3, -0.25) is 0 Å². The molecule has 2 fully saturated rings.